The molecule has 0 aromatic carbocycles. The lowest BCUT2D eigenvalue weighted by molar-refractivity contribution is -0.00415. The SMILES string of the molecule is CC(C)(C)OC(=O)N1CCCCC1C1(CN)CC1(C)C. The first kappa shape index (κ1) is 15.6. The Bertz CT molecular complexity index is 386. The Balaban J connectivity index is 2.16. The molecule has 1 aliphatic carbocycles. The number of nitrogens with zero attached hydrogens (tertiary/aromatic N) is 1. The van der Waals surface area contributed by atoms with E-state index in [2.05, 4.69) is 13.8 Å². The summed E-state index contributed by atoms with van der Waals surface area (Å²) in [6, 6.07) is 0.242. The van der Waals surface area contributed by atoms with Gasteiger partial charge in [-0.15, -0.1) is 0 Å². The maximum atomic E-state index is 12.5. The van der Waals surface area contributed by atoms with Crippen LogP contribution in [0, 0.1) is 10.8 Å². The Hall–Kier alpha value is -0.770. The first-order chi connectivity index (χ1) is 9.13. The summed E-state index contributed by atoms with van der Waals surface area (Å²) >= 11 is 0. The van der Waals surface area contributed by atoms with Gasteiger partial charge in [-0.05, 0) is 51.9 Å². The van der Waals surface area contributed by atoms with Crippen molar-refractivity contribution in [2.24, 2.45) is 16.6 Å². The van der Waals surface area contributed by atoms with Crippen LogP contribution in [0.2, 0.25) is 0 Å². The minimum atomic E-state index is -0.436. The van der Waals surface area contributed by atoms with E-state index in [0.29, 0.717) is 6.54 Å². The molecule has 20 heavy (non-hydrogen) atoms. The third-order valence-electron chi connectivity index (χ3n) is 5.11. The van der Waals surface area contributed by atoms with Gasteiger partial charge in [-0.2, -0.15) is 0 Å². The molecular weight excluding hydrogens is 252 g/mol. The lowest BCUT2D eigenvalue weighted by atomic mass is 9.82. The van der Waals surface area contributed by atoms with Gasteiger partial charge in [0, 0.05) is 24.5 Å². The Morgan fingerprint density at radius 3 is 2.40 bits per heavy atom. The second-order valence-corrected chi connectivity index (χ2v) is 8.11. The highest BCUT2D eigenvalue weighted by Crippen LogP contribution is 2.66. The summed E-state index contributed by atoms with van der Waals surface area (Å²) in [5, 5.41) is 0. The van der Waals surface area contributed by atoms with E-state index < -0.39 is 5.60 Å². The molecule has 2 aliphatic rings. The van der Waals surface area contributed by atoms with Crippen LogP contribution >= 0.6 is 0 Å². The van der Waals surface area contributed by atoms with Gasteiger partial charge in [0.2, 0.25) is 0 Å². The zero-order valence-corrected chi connectivity index (χ0v) is 13.7. The summed E-state index contributed by atoms with van der Waals surface area (Å²) in [5.74, 6) is 0. The molecule has 0 aromatic heterocycles. The maximum Gasteiger partial charge on any atom is 0.410 e. The van der Waals surface area contributed by atoms with E-state index in [1.165, 1.54) is 6.42 Å². The molecule has 4 nitrogen and oxygen atoms in total. The van der Waals surface area contributed by atoms with Crippen molar-refractivity contribution in [3.8, 4) is 0 Å². The zero-order chi connectivity index (χ0) is 15.2. The molecule has 2 rings (SSSR count). The Labute approximate surface area is 123 Å². The zero-order valence-electron chi connectivity index (χ0n) is 13.7. The second-order valence-electron chi connectivity index (χ2n) is 8.11. The Kier molecular flexibility index (Phi) is 3.83. The quantitative estimate of drug-likeness (QED) is 0.846. The Morgan fingerprint density at radius 1 is 1.35 bits per heavy atom. The highest BCUT2D eigenvalue weighted by Gasteiger charge is 2.65. The van der Waals surface area contributed by atoms with Crippen LogP contribution in [0.25, 0.3) is 0 Å². The predicted molar refractivity (Wildman–Crippen MR) is 80.5 cm³/mol. The summed E-state index contributed by atoms with van der Waals surface area (Å²) in [4.78, 5) is 14.4. The van der Waals surface area contributed by atoms with Crippen molar-refractivity contribution in [2.75, 3.05) is 13.1 Å². The molecule has 1 aliphatic heterocycles. The fourth-order valence-electron chi connectivity index (χ4n) is 3.84. The number of nitrogens with two attached hydrogens (primary N) is 1. The van der Waals surface area contributed by atoms with Gasteiger partial charge in [-0.3, -0.25) is 0 Å². The molecule has 2 atom stereocenters. The van der Waals surface area contributed by atoms with Crippen molar-refractivity contribution in [3.05, 3.63) is 0 Å². The van der Waals surface area contributed by atoms with Gasteiger partial charge in [0.1, 0.15) is 5.60 Å². The van der Waals surface area contributed by atoms with E-state index in [-0.39, 0.29) is 23.0 Å². The van der Waals surface area contributed by atoms with Gasteiger partial charge in [-0.1, -0.05) is 13.8 Å². The van der Waals surface area contributed by atoms with Crippen LogP contribution in [0.4, 0.5) is 4.79 Å². The monoisotopic (exact) mass is 282 g/mol. The number of piperidine rings is 1. The third-order valence-corrected chi connectivity index (χ3v) is 5.11. The molecule has 0 radical (unpaired) electrons. The molecule has 1 heterocycles. The molecule has 1 amide bonds. The molecule has 4 heteroatoms. The molecule has 0 aromatic rings. The van der Waals surface area contributed by atoms with E-state index in [4.69, 9.17) is 10.5 Å². The Morgan fingerprint density at radius 2 is 1.95 bits per heavy atom. The van der Waals surface area contributed by atoms with Gasteiger partial charge in [0.15, 0.2) is 0 Å². The van der Waals surface area contributed by atoms with E-state index in [0.717, 1.165) is 25.8 Å². The van der Waals surface area contributed by atoms with E-state index >= 15 is 0 Å². The molecule has 0 spiro atoms. The number of hydrogen-bond donors (Lipinski definition) is 1. The minimum Gasteiger partial charge on any atom is -0.444 e. The summed E-state index contributed by atoms with van der Waals surface area (Å²) in [6.45, 7) is 11.8. The number of likely N-dealkylation sites (tertiary alicyclic amines) is 1. The number of carbonyl (C=O) groups is 1. The highest BCUT2D eigenvalue weighted by atomic mass is 16.6. The maximum absolute atomic E-state index is 12.5. The smallest absolute Gasteiger partial charge is 0.410 e. The molecule has 116 valence electrons. The summed E-state index contributed by atoms with van der Waals surface area (Å²) in [6.07, 6.45) is 4.25. The predicted octanol–water partition coefficient (Wildman–Crippen LogP) is 3.15. The van der Waals surface area contributed by atoms with Gasteiger partial charge in [0.25, 0.3) is 0 Å². The second kappa shape index (κ2) is 4.90. The molecule has 2 fully saturated rings. The van der Waals surface area contributed by atoms with Crippen LogP contribution in [0.3, 0.4) is 0 Å². The molecule has 2 N–H and O–H groups in total. The highest BCUT2D eigenvalue weighted by molar-refractivity contribution is 5.69. The van der Waals surface area contributed by atoms with Crippen LogP contribution in [-0.2, 0) is 4.74 Å². The first-order valence-corrected chi connectivity index (χ1v) is 7.83. The van der Waals surface area contributed by atoms with Crippen molar-refractivity contribution in [2.45, 2.75) is 71.9 Å². The first-order valence-electron chi connectivity index (χ1n) is 7.83. The average Bonchev–Trinajstić information content (AvgIpc) is 2.91. The molecule has 2 unspecified atom stereocenters. The van der Waals surface area contributed by atoms with Gasteiger partial charge in [-0.25, -0.2) is 4.79 Å². The number of carbonyl (C=O) groups excluding carboxylic acids is 1. The number of hydrogen-bond acceptors (Lipinski definition) is 3. The number of rotatable bonds is 2. The lowest BCUT2D eigenvalue weighted by Crippen LogP contribution is -2.53. The van der Waals surface area contributed by atoms with Crippen molar-refractivity contribution in [3.63, 3.8) is 0 Å². The summed E-state index contributed by atoms with van der Waals surface area (Å²) < 4.78 is 5.59. The van der Waals surface area contributed by atoms with Gasteiger partial charge < -0.3 is 15.4 Å². The average molecular weight is 282 g/mol. The summed E-state index contributed by atoms with van der Waals surface area (Å²) in [7, 11) is 0. The van der Waals surface area contributed by atoms with Crippen molar-refractivity contribution in [1.29, 1.82) is 0 Å². The number of ether oxygens (including phenoxy) is 1. The van der Waals surface area contributed by atoms with Crippen LogP contribution in [-0.4, -0.2) is 35.7 Å². The molecular formula is C16H30N2O2. The van der Waals surface area contributed by atoms with Crippen molar-refractivity contribution < 1.29 is 9.53 Å². The number of amides is 1. The summed E-state index contributed by atoms with van der Waals surface area (Å²) in [5.41, 5.74) is 5.98. The fourth-order valence-corrected chi connectivity index (χ4v) is 3.84. The standard InChI is InChI=1S/C16H30N2O2/c1-14(2,3)20-13(19)18-9-7-6-8-12(18)16(11-17)10-15(16,4)5/h12H,6-11,17H2,1-5H3. The van der Waals surface area contributed by atoms with Crippen molar-refractivity contribution >= 4 is 6.09 Å². The van der Waals surface area contributed by atoms with Crippen LogP contribution < -0.4 is 5.73 Å². The van der Waals surface area contributed by atoms with Crippen LogP contribution in [0.5, 0.6) is 0 Å². The van der Waals surface area contributed by atoms with Gasteiger partial charge >= 0.3 is 6.09 Å². The molecule has 1 saturated heterocycles. The van der Waals surface area contributed by atoms with E-state index in [1.807, 2.05) is 25.7 Å². The van der Waals surface area contributed by atoms with Crippen molar-refractivity contribution in [1.82, 2.24) is 4.90 Å². The molecule has 0 bridgehead atoms. The van der Waals surface area contributed by atoms with Crippen LogP contribution in [0.1, 0.15) is 60.3 Å². The topological polar surface area (TPSA) is 55.6 Å². The lowest BCUT2D eigenvalue weighted by Gasteiger charge is -2.42. The van der Waals surface area contributed by atoms with Gasteiger partial charge in [0.05, 0.1) is 0 Å². The van der Waals surface area contributed by atoms with E-state index in [1.54, 1.807) is 0 Å². The van der Waals surface area contributed by atoms with E-state index in [9.17, 15) is 4.79 Å². The minimum absolute atomic E-state index is 0.0876. The largest absolute Gasteiger partial charge is 0.444 e. The molecule has 1 saturated carbocycles. The van der Waals surface area contributed by atoms with Crippen LogP contribution in [0.15, 0.2) is 0 Å². The normalized spacial score (nSPS) is 32.9. The fraction of sp³-hybridized carbons (Fsp3) is 0.938. The third kappa shape index (κ3) is 2.67.